The van der Waals surface area contributed by atoms with Gasteiger partial charge in [-0.25, -0.2) is 0 Å². The molecule has 0 saturated heterocycles. The SMILES string of the molecule is CCCCC(O)CC1C2C=CC(C(N)=O)(C2)C1C=CCCCC(=O)O. The van der Waals surface area contributed by atoms with Crippen LogP contribution in [0.25, 0.3) is 0 Å². The van der Waals surface area contributed by atoms with E-state index in [-0.39, 0.29) is 36.2 Å². The largest absolute Gasteiger partial charge is 0.481 e. The number of aliphatic hydroxyl groups is 1. The monoisotopic (exact) mass is 349 g/mol. The first-order valence-corrected chi connectivity index (χ1v) is 9.46. The first-order valence-electron chi connectivity index (χ1n) is 9.46. The first kappa shape index (κ1) is 19.7. The lowest BCUT2D eigenvalue weighted by Crippen LogP contribution is -2.40. The number of fused-ring (bicyclic) bond motifs is 2. The molecule has 1 saturated carbocycles. The molecule has 0 aromatic heterocycles. The molecule has 2 rings (SSSR count). The Kier molecular flexibility index (Phi) is 6.82. The first-order chi connectivity index (χ1) is 11.9. The van der Waals surface area contributed by atoms with E-state index in [0.717, 1.165) is 25.7 Å². The van der Waals surface area contributed by atoms with Gasteiger partial charge < -0.3 is 15.9 Å². The number of carbonyl (C=O) groups is 2. The molecule has 0 aromatic rings. The minimum absolute atomic E-state index is 0.00102. The van der Waals surface area contributed by atoms with Gasteiger partial charge in [0.1, 0.15) is 0 Å². The molecule has 0 aromatic carbocycles. The van der Waals surface area contributed by atoms with Crippen molar-refractivity contribution in [2.24, 2.45) is 28.9 Å². The van der Waals surface area contributed by atoms with Crippen molar-refractivity contribution in [2.45, 2.75) is 64.4 Å². The Morgan fingerprint density at radius 3 is 2.80 bits per heavy atom. The van der Waals surface area contributed by atoms with Crippen molar-refractivity contribution in [3.63, 3.8) is 0 Å². The van der Waals surface area contributed by atoms with E-state index < -0.39 is 11.4 Å². The molecule has 0 heterocycles. The molecule has 2 aliphatic rings. The third-order valence-electron chi connectivity index (χ3n) is 5.82. The molecule has 4 N–H and O–H groups in total. The van der Waals surface area contributed by atoms with E-state index >= 15 is 0 Å². The molecule has 0 aliphatic heterocycles. The van der Waals surface area contributed by atoms with E-state index in [1.807, 2.05) is 18.2 Å². The molecule has 140 valence electrons. The van der Waals surface area contributed by atoms with Gasteiger partial charge in [0.15, 0.2) is 0 Å². The molecule has 1 fully saturated rings. The average molecular weight is 349 g/mol. The quantitative estimate of drug-likeness (QED) is 0.394. The fraction of sp³-hybridized carbons (Fsp3) is 0.700. The highest BCUT2D eigenvalue weighted by Gasteiger charge is 2.57. The van der Waals surface area contributed by atoms with Crippen molar-refractivity contribution < 1.29 is 19.8 Å². The fourth-order valence-corrected chi connectivity index (χ4v) is 4.48. The van der Waals surface area contributed by atoms with Crippen LogP contribution in [-0.4, -0.2) is 28.2 Å². The van der Waals surface area contributed by atoms with Crippen LogP contribution in [0.1, 0.15) is 58.3 Å². The number of carboxylic acid groups (broad SMARTS) is 1. The van der Waals surface area contributed by atoms with Crippen LogP contribution < -0.4 is 5.73 Å². The lowest BCUT2D eigenvalue weighted by atomic mass is 9.71. The smallest absolute Gasteiger partial charge is 0.303 e. The van der Waals surface area contributed by atoms with E-state index in [9.17, 15) is 14.7 Å². The summed E-state index contributed by atoms with van der Waals surface area (Å²) in [6, 6.07) is 0. The van der Waals surface area contributed by atoms with Gasteiger partial charge >= 0.3 is 5.97 Å². The number of aliphatic hydroxyl groups excluding tert-OH is 1. The number of unbranched alkanes of at least 4 members (excludes halogenated alkanes) is 2. The van der Waals surface area contributed by atoms with Crippen molar-refractivity contribution in [2.75, 3.05) is 0 Å². The number of hydrogen-bond acceptors (Lipinski definition) is 3. The summed E-state index contributed by atoms with van der Waals surface area (Å²) in [6.07, 6.45) is 13.4. The lowest BCUT2D eigenvalue weighted by Gasteiger charge is -2.33. The van der Waals surface area contributed by atoms with Gasteiger partial charge in [-0.15, -0.1) is 0 Å². The summed E-state index contributed by atoms with van der Waals surface area (Å²) in [4.78, 5) is 22.8. The number of carboxylic acids is 1. The Bertz CT molecular complexity index is 542. The van der Waals surface area contributed by atoms with Crippen LogP contribution in [0.2, 0.25) is 0 Å². The van der Waals surface area contributed by atoms with E-state index in [1.165, 1.54) is 0 Å². The Morgan fingerprint density at radius 1 is 1.40 bits per heavy atom. The van der Waals surface area contributed by atoms with Crippen LogP contribution in [0.3, 0.4) is 0 Å². The van der Waals surface area contributed by atoms with Crippen molar-refractivity contribution in [1.82, 2.24) is 0 Å². The number of amides is 1. The third-order valence-corrected chi connectivity index (χ3v) is 5.82. The molecule has 0 spiro atoms. The lowest BCUT2D eigenvalue weighted by molar-refractivity contribution is -0.137. The molecule has 2 aliphatic carbocycles. The molecule has 2 bridgehead atoms. The van der Waals surface area contributed by atoms with Crippen LogP contribution in [0.15, 0.2) is 24.3 Å². The fourth-order valence-electron chi connectivity index (χ4n) is 4.48. The normalized spacial score (nSPS) is 31.7. The minimum Gasteiger partial charge on any atom is -0.481 e. The van der Waals surface area contributed by atoms with Crippen LogP contribution >= 0.6 is 0 Å². The summed E-state index contributed by atoms with van der Waals surface area (Å²) in [6.45, 7) is 2.11. The minimum atomic E-state index is -0.790. The Morgan fingerprint density at radius 2 is 2.16 bits per heavy atom. The molecule has 5 atom stereocenters. The van der Waals surface area contributed by atoms with Gasteiger partial charge in [-0.1, -0.05) is 44.1 Å². The summed E-state index contributed by atoms with van der Waals surface area (Å²) in [5.41, 5.74) is 5.10. The number of carbonyl (C=O) groups excluding carboxylic acids is 1. The zero-order valence-corrected chi connectivity index (χ0v) is 15.1. The number of nitrogens with two attached hydrogens (primary N) is 1. The molecule has 5 nitrogen and oxygen atoms in total. The number of primary amides is 1. The van der Waals surface area contributed by atoms with E-state index in [2.05, 4.69) is 13.0 Å². The molecule has 0 radical (unpaired) electrons. The molecule has 5 unspecified atom stereocenters. The standard InChI is InChI=1S/C20H31NO4/c1-2-3-7-15(22)12-16-14-10-11-20(13-14,19(21)25)17(16)8-5-4-6-9-18(23)24/h5,8,10-11,14-17,22H,2-4,6-7,9,12-13H2,1H3,(H2,21,25)(H,23,24). The van der Waals surface area contributed by atoms with E-state index in [0.29, 0.717) is 19.3 Å². The van der Waals surface area contributed by atoms with E-state index in [4.69, 9.17) is 10.8 Å². The van der Waals surface area contributed by atoms with E-state index in [1.54, 1.807) is 0 Å². The van der Waals surface area contributed by atoms with Crippen LogP contribution in [0.5, 0.6) is 0 Å². The number of allylic oxidation sites excluding steroid dienone is 3. The van der Waals surface area contributed by atoms with Crippen molar-refractivity contribution in [3.8, 4) is 0 Å². The predicted molar refractivity (Wildman–Crippen MR) is 96.6 cm³/mol. The summed E-state index contributed by atoms with van der Waals surface area (Å²) < 4.78 is 0. The Labute approximate surface area is 150 Å². The maximum Gasteiger partial charge on any atom is 0.303 e. The highest BCUT2D eigenvalue weighted by atomic mass is 16.4. The van der Waals surface area contributed by atoms with Crippen LogP contribution in [-0.2, 0) is 9.59 Å². The van der Waals surface area contributed by atoms with Gasteiger partial charge in [-0.3, -0.25) is 9.59 Å². The zero-order chi connectivity index (χ0) is 18.4. The van der Waals surface area contributed by atoms with Crippen LogP contribution in [0.4, 0.5) is 0 Å². The summed E-state index contributed by atoms with van der Waals surface area (Å²) >= 11 is 0. The maximum atomic E-state index is 12.2. The average Bonchev–Trinajstić information content (AvgIpc) is 3.11. The van der Waals surface area contributed by atoms with Gasteiger partial charge in [-0.05, 0) is 49.9 Å². The molecular weight excluding hydrogens is 318 g/mol. The molecular formula is C20H31NO4. The third kappa shape index (κ3) is 4.51. The van der Waals surface area contributed by atoms with Gasteiger partial charge in [0.25, 0.3) is 0 Å². The number of aliphatic carboxylic acids is 1. The second-order valence-corrected chi connectivity index (χ2v) is 7.57. The predicted octanol–water partition coefficient (Wildman–Crippen LogP) is 3.03. The summed E-state index contributed by atoms with van der Waals surface area (Å²) in [5, 5.41) is 19.1. The topological polar surface area (TPSA) is 101 Å². The highest BCUT2D eigenvalue weighted by molar-refractivity contribution is 5.85. The van der Waals surface area contributed by atoms with Gasteiger partial charge in [-0.2, -0.15) is 0 Å². The zero-order valence-electron chi connectivity index (χ0n) is 15.1. The molecule has 25 heavy (non-hydrogen) atoms. The van der Waals surface area contributed by atoms with Gasteiger partial charge in [0.05, 0.1) is 11.5 Å². The Hall–Kier alpha value is -1.62. The number of rotatable bonds is 11. The summed E-state index contributed by atoms with van der Waals surface area (Å²) in [7, 11) is 0. The second-order valence-electron chi connectivity index (χ2n) is 7.57. The van der Waals surface area contributed by atoms with Crippen molar-refractivity contribution in [1.29, 1.82) is 0 Å². The molecule has 1 amide bonds. The summed E-state index contributed by atoms with van der Waals surface area (Å²) in [5.74, 6) is -0.572. The number of hydrogen-bond donors (Lipinski definition) is 3. The second kappa shape index (κ2) is 8.65. The van der Waals surface area contributed by atoms with Gasteiger partial charge in [0.2, 0.25) is 5.91 Å². The van der Waals surface area contributed by atoms with Crippen LogP contribution in [0, 0.1) is 23.2 Å². The van der Waals surface area contributed by atoms with Gasteiger partial charge in [0, 0.05) is 6.42 Å². The molecule has 5 heteroatoms. The van der Waals surface area contributed by atoms with Crippen molar-refractivity contribution >= 4 is 11.9 Å². The maximum absolute atomic E-state index is 12.2. The highest BCUT2D eigenvalue weighted by Crippen LogP contribution is 2.58. The Balaban J connectivity index is 2.06. The van der Waals surface area contributed by atoms with Crippen molar-refractivity contribution in [3.05, 3.63) is 24.3 Å².